The fourth-order valence-electron chi connectivity index (χ4n) is 5.19. The van der Waals surface area contributed by atoms with Gasteiger partial charge in [-0.15, -0.1) is 0 Å². The van der Waals surface area contributed by atoms with Crippen molar-refractivity contribution >= 4 is 30.2 Å². The highest BCUT2D eigenvalue weighted by atomic mass is 16.6. The van der Waals surface area contributed by atoms with Gasteiger partial charge in [0.1, 0.15) is 18.0 Å². The van der Waals surface area contributed by atoms with Gasteiger partial charge in [0.05, 0.1) is 12.5 Å². The van der Waals surface area contributed by atoms with Crippen LogP contribution in [0.4, 0.5) is 9.59 Å². The van der Waals surface area contributed by atoms with Crippen LogP contribution in [-0.4, -0.2) is 68.2 Å². The lowest BCUT2D eigenvalue weighted by molar-refractivity contribution is -0.154. The number of nitrogens with one attached hydrogen (secondary N) is 4. The molecule has 0 heterocycles. The smallest absolute Gasteiger partial charge is 0.407 e. The largest absolute Gasteiger partial charge is 0.484 e. The van der Waals surface area contributed by atoms with Crippen molar-refractivity contribution in [2.75, 3.05) is 26.3 Å². The second-order valence-electron chi connectivity index (χ2n) is 12.1. The molecule has 254 valence electrons. The molecule has 48 heavy (non-hydrogen) atoms. The maximum atomic E-state index is 12.9. The number of esters is 1. The lowest BCUT2D eigenvalue weighted by Crippen LogP contribution is -2.41. The minimum Gasteiger partial charge on any atom is -0.484 e. The van der Waals surface area contributed by atoms with Crippen LogP contribution in [0, 0.1) is 0 Å². The minimum absolute atomic E-state index is 0.0602. The number of rotatable bonds is 14. The van der Waals surface area contributed by atoms with Crippen molar-refractivity contribution in [3.63, 3.8) is 0 Å². The first-order chi connectivity index (χ1) is 23.0. The molecule has 4 amide bonds. The number of nitrogens with zero attached hydrogens (tertiary/aromatic N) is 1. The van der Waals surface area contributed by atoms with E-state index in [0.29, 0.717) is 25.3 Å². The quantitative estimate of drug-likeness (QED) is 0.112. The van der Waals surface area contributed by atoms with Crippen LogP contribution in [0.15, 0.2) is 77.9 Å². The zero-order valence-corrected chi connectivity index (χ0v) is 27.7. The first-order valence-electron chi connectivity index (χ1n) is 15.9. The summed E-state index contributed by atoms with van der Waals surface area (Å²) in [6.45, 7) is 7.97. The maximum Gasteiger partial charge on any atom is 0.407 e. The molecule has 0 spiro atoms. The van der Waals surface area contributed by atoms with E-state index in [0.717, 1.165) is 27.8 Å². The molecule has 0 aromatic heterocycles. The van der Waals surface area contributed by atoms with Gasteiger partial charge >= 0.3 is 18.1 Å². The minimum atomic E-state index is -0.912. The van der Waals surface area contributed by atoms with Gasteiger partial charge in [0, 0.05) is 25.2 Å². The number of likely N-dealkylation sites (N-methyl/N-ethyl adjacent to an activating group) is 1. The van der Waals surface area contributed by atoms with Crippen molar-refractivity contribution in [2.45, 2.75) is 58.1 Å². The van der Waals surface area contributed by atoms with Crippen molar-refractivity contribution in [3.05, 3.63) is 89.5 Å². The van der Waals surface area contributed by atoms with E-state index in [1.807, 2.05) is 55.5 Å². The summed E-state index contributed by atoms with van der Waals surface area (Å²) in [5.74, 6) is -0.305. The number of carbonyl (C=O) groups excluding carboxylic acids is 4. The zero-order valence-electron chi connectivity index (χ0n) is 27.7. The second-order valence-corrected chi connectivity index (χ2v) is 12.1. The SMILES string of the molecule is CCNC(=O)COc1ccc(CCNC(=O)N/N=C/C(CC(=O)OC(C)(C)C)NC(=O)OCC2c3ccccc3-c3ccccc32)cc1. The first kappa shape index (κ1) is 35.5. The van der Waals surface area contributed by atoms with Crippen molar-refractivity contribution in [3.8, 4) is 16.9 Å². The van der Waals surface area contributed by atoms with Gasteiger partial charge in [-0.2, -0.15) is 5.10 Å². The van der Waals surface area contributed by atoms with Crippen LogP contribution in [0.1, 0.15) is 56.7 Å². The molecule has 0 bridgehead atoms. The standard InChI is InChI=1S/C36H43N5O7/c1-5-37-32(42)23-46-26-16-14-24(15-17-26)18-19-38-34(44)41-39-21-25(20-33(43)48-36(2,3)4)40-35(45)47-22-31-29-12-8-6-10-27(29)28-11-7-9-13-30(28)31/h6-17,21,25,31H,5,18-20,22-23H2,1-4H3,(H,37,42)(H,40,45)(H2,38,41,44)/b39-21+. The maximum absolute atomic E-state index is 12.9. The van der Waals surface area contributed by atoms with Gasteiger partial charge < -0.3 is 30.2 Å². The van der Waals surface area contributed by atoms with Gasteiger partial charge in [-0.3, -0.25) is 9.59 Å². The van der Waals surface area contributed by atoms with Gasteiger partial charge in [-0.1, -0.05) is 60.7 Å². The number of urea groups is 1. The van der Waals surface area contributed by atoms with E-state index in [-0.39, 0.29) is 31.5 Å². The highest BCUT2D eigenvalue weighted by molar-refractivity contribution is 5.83. The Bertz CT molecular complexity index is 1560. The Morgan fingerprint density at radius 3 is 2.17 bits per heavy atom. The Kier molecular flexibility index (Phi) is 12.5. The number of benzene rings is 3. The molecular formula is C36H43N5O7. The zero-order chi connectivity index (χ0) is 34.5. The second kappa shape index (κ2) is 17.0. The molecule has 4 rings (SSSR count). The van der Waals surface area contributed by atoms with Crippen molar-refractivity contribution in [1.82, 2.24) is 21.4 Å². The van der Waals surface area contributed by atoms with Crippen LogP contribution in [0.2, 0.25) is 0 Å². The van der Waals surface area contributed by atoms with Gasteiger partial charge in [-0.05, 0) is 74.1 Å². The molecule has 1 unspecified atom stereocenters. The normalized spacial score (nSPS) is 12.8. The van der Waals surface area contributed by atoms with Crippen LogP contribution in [0.3, 0.4) is 0 Å². The highest BCUT2D eigenvalue weighted by Crippen LogP contribution is 2.44. The van der Waals surface area contributed by atoms with E-state index in [1.54, 1.807) is 32.9 Å². The summed E-state index contributed by atoms with van der Waals surface area (Å²) < 4.78 is 16.5. The van der Waals surface area contributed by atoms with Crippen LogP contribution >= 0.6 is 0 Å². The number of alkyl carbamates (subject to hydrolysis) is 1. The van der Waals surface area contributed by atoms with Crippen molar-refractivity contribution < 1.29 is 33.4 Å². The summed E-state index contributed by atoms with van der Waals surface area (Å²) in [5, 5.41) is 12.0. The fraction of sp³-hybridized carbons (Fsp3) is 0.361. The van der Waals surface area contributed by atoms with Gasteiger partial charge in [0.2, 0.25) is 0 Å². The Morgan fingerprint density at radius 1 is 0.896 bits per heavy atom. The van der Waals surface area contributed by atoms with Crippen LogP contribution in [-0.2, 0) is 25.5 Å². The molecule has 3 aromatic rings. The summed E-state index contributed by atoms with van der Waals surface area (Å²) in [7, 11) is 0. The molecule has 1 aliphatic rings. The number of hydrazone groups is 1. The topological polar surface area (TPSA) is 156 Å². The van der Waals surface area contributed by atoms with Crippen LogP contribution < -0.4 is 26.1 Å². The third-order valence-electron chi connectivity index (χ3n) is 7.24. The molecule has 0 aliphatic heterocycles. The lowest BCUT2D eigenvalue weighted by atomic mass is 9.98. The molecule has 3 aromatic carbocycles. The van der Waals surface area contributed by atoms with E-state index in [4.69, 9.17) is 14.2 Å². The first-order valence-corrected chi connectivity index (χ1v) is 15.9. The van der Waals surface area contributed by atoms with E-state index in [1.165, 1.54) is 6.21 Å². The number of fused-ring (bicyclic) bond motifs is 3. The summed E-state index contributed by atoms with van der Waals surface area (Å²) in [6, 6.07) is 21.8. The molecule has 12 nitrogen and oxygen atoms in total. The number of ether oxygens (including phenoxy) is 3. The third-order valence-corrected chi connectivity index (χ3v) is 7.24. The van der Waals surface area contributed by atoms with Gasteiger partial charge in [0.25, 0.3) is 5.91 Å². The van der Waals surface area contributed by atoms with Gasteiger partial charge in [0.15, 0.2) is 6.61 Å². The Hall–Kier alpha value is -5.39. The van der Waals surface area contributed by atoms with Crippen molar-refractivity contribution in [1.29, 1.82) is 0 Å². The van der Waals surface area contributed by atoms with Crippen LogP contribution in [0.5, 0.6) is 5.75 Å². The predicted molar refractivity (Wildman–Crippen MR) is 182 cm³/mol. The summed E-state index contributed by atoms with van der Waals surface area (Å²) in [4.78, 5) is 49.4. The molecule has 0 radical (unpaired) electrons. The molecule has 0 fully saturated rings. The van der Waals surface area contributed by atoms with E-state index in [2.05, 4.69) is 38.6 Å². The van der Waals surface area contributed by atoms with Crippen molar-refractivity contribution in [2.24, 2.45) is 5.10 Å². The molecule has 0 saturated heterocycles. The Morgan fingerprint density at radius 2 is 1.54 bits per heavy atom. The highest BCUT2D eigenvalue weighted by Gasteiger charge is 2.29. The number of hydrogen-bond acceptors (Lipinski definition) is 8. The fourth-order valence-corrected chi connectivity index (χ4v) is 5.19. The molecule has 12 heteroatoms. The van der Waals surface area contributed by atoms with E-state index in [9.17, 15) is 19.2 Å². The number of hydrogen-bond donors (Lipinski definition) is 4. The average molecular weight is 658 g/mol. The molecule has 4 N–H and O–H groups in total. The van der Waals surface area contributed by atoms with E-state index >= 15 is 0 Å². The predicted octanol–water partition coefficient (Wildman–Crippen LogP) is 4.67. The third kappa shape index (κ3) is 10.9. The molecule has 1 atom stereocenters. The Balaban J connectivity index is 1.27. The van der Waals surface area contributed by atoms with Gasteiger partial charge in [-0.25, -0.2) is 15.0 Å². The van der Waals surface area contributed by atoms with Crippen LogP contribution in [0.25, 0.3) is 11.1 Å². The molecule has 1 aliphatic carbocycles. The summed E-state index contributed by atoms with van der Waals surface area (Å²) in [6.07, 6.45) is 0.835. The summed E-state index contributed by atoms with van der Waals surface area (Å²) >= 11 is 0. The monoisotopic (exact) mass is 657 g/mol. The number of carbonyl (C=O) groups is 4. The number of amides is 4. The molecule has 0 saturated carbocycles. The average Bonchev–Trinajstić information content (AvgIpc) is 3.36. The van der Waals surface area contributed by atoms with E-state index < -0.39 is 29.7 Å². The lowest BCUT2D eigenvalue weighted by Gasteiger charge is -2.21. The molecular weight excluding hydrogens is 614 g/mol. The Labute approximate surface area is 280 Å². The summed E-state index contributed by atoms with van der Waals surface area (Å²) in [5.41, 5.74) is 6.96.